The van der Waals surface area contributed by atoms with Crippen molar-refractivity contribution in [3.63, 3.8) is 0 Å². The summed E-state index contributed by atoms with van der Waals surface area (Å²) >= 11 is 0. The lowest BCUT2D eigenvalue weighted by Crippen LogP contribution is -2.51. The highest BCUT2D eigenvalue weighted by Gasteiger charge is 2.26. The van der Waals surface area contributed by atoms with E-state index in [4.69, 9.17) is 23.7 Å². The molecule has 0 heterocycles. The number of hydrogen-bond acceptors (Lipinski definition) is 8. The Morgan fingerprint density at radius 1 is 0.971 bits per heavy atom. The monoisotopic (exact) mass is 484 g/mol. The molecular formula is C24H40N2O8. The maximum Gasteiger partial charge on any atom is 0.408 e. The van der Waals surface area contributed by atoms with E-state index in [9.17, 15) is 14.7 Å². The minimum Gasteiger partial charge on any atom is -0.504 e. The van der Waals surface area contributed by atoms with Crippen molar-refractivity contribution in [2.24, 2.45) is 0 Å². The fourth-order valence-corrected chi connectivity index (χ4v) is 2.99. The van der Waals surface area contributed by atoms with Gasteiger partial charge in [0.15, 0.2) is 23.0 Å². The number of benzene rings is 1. The molecule has 0 fully saturated rings. The SMILES string of the molecule is COc1cc(OC)c(OC)c(CCCNC(=O)[C@H](COC(C)(C)C)NC(=O)OC(C)(C)C)c1O. The molecule has 10 nitrogen and oxygen atoms in total. The summed E-state index contributed by atoms with van der Waals surface area (Å²) in [5.74, 6) is 0.633. The Hall–Kier alpha value is -2.88. The van der Waals surface area contributed by atoms with E-state index in [1.165, 1.54) is 21.3 Å². The van der Waals surface area contributed by atoms with E-state index < -0.39 is 29.2 Å². The molecule has 194 valence electrons. The zero-order valence-corrected chi connectivity index (χ0v) is 21.8. The number of carbonyl (C=O) groups excluding carboxylic acids is 2. The quantitative estimate of drug-likeness (QED) is 0.409. The fraction of sp³-hybridized carbons (Fsp3) is 0.667. The van der Waals surface area contributed by atoms with Crippen molar-refractivity contribution in [2.75, 3.05) is 34.5 Å². The molecule has 0 aliphatic carbocycles. The third kappa shape index (κ3) is 9.54. The van der Waals surface area contributed by atoms with E-state index in [0.29, 0.717) is 29.9 Å². The molecule has 0 unspecified atom stereocenters. The third-order valence-corrected chi connectivity index (χ3v) is 4.52. The number of nitrogens with one attached hydrogen (secondary N) is 2. The van der Waals surface area contributed by atoms with Crippen LogP contribution in [0.2, 0.25) is 0 Å². The molecule has 0 aliphatic rings. The van der Waals surface area contributed by atoms with Gasteiger partial charge in [-0.1, -0.05) is 0 Å². The molecule has 0 aliphatic heterocycles. The molecule has 0 bridgehead atoms. The van der Waals surface area contributed by atoms with Crippen LogP contribution in [-0.2, 0) is 20.7 Å². The van der Waals surface area contributed by atoms with Gasteiger partial charge in [0.2, 0.25) is 5.91 Å². The fourth-order valence-electron chi connectivity index (χ4n) is 2.99. The summed E-state index contributed by atoms with van der Waals surface area (Å²) < 4.78 is 26.9. The number of carbonyl (C=O) groups is 2. The Balaban J connectivity index is 2.83. The Bertz CT molecular complexity index is 828. The van der Waals surface area contributed by atoms with E-state index >= 15 is 0 Å². The minimum absolute atomic E-state index is 0.0176. The van der Waals surface area contributed by atoms with Gasteiger partial charge in [0.25, 0.3) is 0 Å². The number of aromatic hydroxyl groups is 1. The molecule has 2 amide bonds. The molecule has 1 rings (SSSR count). The second-order valence-electron chi connectivity index (χ2n) is 9.66. The van der Waals surface area contributed by atoms with E-state index in [1.807, 2.05) is 20.8 Å². The van der Waals surface area contributed by atoms with Gasteiger partial charge in [-0.2, -0.15) is 0 Å². The normalized spacial score (nSPS) is 12.5. The molecular weight excluding hydrogens is 444 g/mol. The molecule has 0 spiro atoms. The summed E-state index contributed by atoms with van der Waals surface area (Å²) in [4.78, 5) is 25.0. The lowest BCUT2D eigenvalue weighted by Gasteiger charge is -2.26. The van der Waals surface area contributed by atoms with Crippen LogP contribution in [0.15, 0.2) is 6.07 Å². The maximum atomic E-state index is 12.8. The summed E-state index contributed by atoms with van der Waals surface area (Å²) in [5.41, 5.74) is -0.685. The van der Waals surface area contributed by atoms with Crippen LogP contribution in [0, 0.1) is 0 Å². The number of phenols is 1. The molecule has 0 aromatic heterocycles. The molecule has 34 heavy (non-hydrogen) atoms. The van der Waals surface area contributed by atoms with Gasteiger partial charge in [-0.05, 0) is 54.4 Å². The standard InChI is InChI=1S/C24H40N2O8/c1-23(2,3)33-14-16(26-22(29)34-24(4,5)6)21(28)25-12-10-11-15-19(27)17(30-7)13-18(31-8)20(15)32-9/h13,16,27H,10-12,14H2,1-9H3,(H,25,28)(H,26,29)/t16-/m0/s1. The number of methoxy groups -OCH3 is 3. The van der Waals surface area contributed by atoms with Gasteiger partial charge in [-0.25, -0.2) is 4.79 Å². The van der Waals surface area contributed by atoms with Gasteiger partial charge in [0.05, 0.1) is 33.5 Å². The van der Waals surface area contributed by atoms with Crippen molar-refractivity contribution >= 4 is 12.0 Å². The highest BCUT2D eigenvalue weighted by atomic mass is 16.6. The number of amides is 2. The van der Waals surface area contributed by atoms with Crippen LogP contribution in [-0.4, -0.2) is 68.8 Å². The summed E-state index contributed by atoms with van der Waals surface area (Å²) in [5, 5.41) is 15.9. The minimum atomic E-state index is -0.936. The third-order valence-electron chi connectivity index (χ3n) is 4.52. The van der Waals surface area contributed by atoms with Crippen LogP contribution in [0.1, 0.15) is 53.5 Å². The van der Waals surface area contributed by atoms with Crippen molar-refractivity contribution in [2.45, 2.75) is 71.6 Å². The van der Waals surface area contributed by atoms with Crippen molar-refractivity contribution in [3.05, 3.63) is 11.6 Å². The summed E-state index contributed by atoms with van der Waals surface area (Å²) in [6.45, 7) is 11.1. The first-order valence-electron chi connectivity index (χ1n) is 11.1. The predicted molar refractivity (Wildman–Crippen MR) is 128 cm³/mol. The summed E-state index contributed by atoms with van der Waals surface area (Å²) in [6, 6.07) is 0.607. The van der Waals surface area contributed by atoms with Crippen LogP contribution in [0.5, 0.6) is 23.0 Å². The summed E-state index contributed by atoms with van der Waals surface area (Å²) in [6.07, 6.45) is 0.153. The largest absolute Gasteiger partial charge is 0.504 e. The van der Waals surface area contributed by atoms with Crippen LogP contribution in [0.4, 0.5) is 4.79 Å². The number of phenolic OH excluding ortho intramolecular Hbond substituents is 1. The van der Waals surface area contributed by atoms with Crippen LogP contribution in [0.3, 0.4) is 0 Å². The zero-order chi connectivity index (χ0) is 26.1. The average molecular weight is 485 g/mol. The molecule has 3 N–H and O–H groups in total. The second-order valence-corrected chi connectivity index (χ2v) is 9.66. The van der Waals surface area contributed by atoms with E-state index in [2.05, 4.69) is 10.6 Å². The highest BCUT2D eigenvalue weighted by Crippen LogP contribution is 2.44. The van der Waals surface area contributed by atoms with Gasteiger partial charge in [-0.15, -0.1) is 0 Å². The summed E-state index contributed by atoms with van der Waals surface area (Å²) in [7, 11) is 4.43. The molecule has 1 atom stereocenters. The number of alkyl carbamates (subject to hydrolysis) is 1. The lowest BCUT2D eigenvalue weighted by molar-refractivity contribution is -0.126. The van der Waals surface area contributed by atoms with Crippen LogP contribution >= 0.6 is 0 Å². The second kappa shape index (κ2) is 12.5. The van der Waals surface area contributed by atoms with Gasteiger partial charge in [0, 0.05) is 18.2 Å². The topological polar surface area (TPSA) is 125 Å². The van der Waals surface area contributed by atoms with Gasteiger partial charge < -0.3 is 39.4 Å². The van der Waals surface area contributed by atoms with Gasteiger partial charge in [-0.3, -0.25) is 4.79 Å². The molecule has 0 radical (unpaired) electrons. The predicted octanol–water partition coefficient (Wildman–Crippen LogP) is 3.18. The van der Waals surface area contributed by atoms with E-state index in [0.717, 1.165) is 0 Å². The average Bonchev–Trinajstić information content (AvgIpc) is 2.72. The van der Waals surface area contributed by atoms with Crippen molar-refractivity contribution < 1.29 is 38.4 Å². The van der Waals surface area contributed by atoms with Gasteiger partial charge >= 0.3 is 6.09 Å². The maximum absolute atomic E-state index is 12.8. The number of hydrogen-bond donors (Lipinski definition) is 3. The van der Waals surface area contributed by atoms with Gasteiger partial charge in [0.1, 0.15) is 11.6 Å². The lowest BCUT2D eigenvalue weighted by atomic mass is 10.1. The van der Waals surface area contributed by atoms with Crippen LogP contribution < -0.4 is 24.8 Å². The van der Waals surface area contributed by atoms with E-state index in [1.54, 1.807) is 26.8 Å². The van der Waals surface area contributed by atoms with E-state index in [-0.39, 0.29) is 24.7 Å². The zero-order valence-electron chi connectivity index (χ0n) is 21.8. The Kier molecular flexibility index (Phi) is 10.8. The molecule has 0 saturated heterocycles. The van der Waals surface area contributed by atoms with Crippen molar-refractivity contribution in [1.29, 1.82) is 0 Å². The first kappa shape index (κ1) is 29.2. The highest BCUT2D eigenvalue weighted by molar-refractivity contribution is 5.85. The number of ether oxygens (including phenoxy) is 5. The Labute approximate surface area is 202 Å². The van der Waals surface area contributed by atoms with Crippen molar-refractivity contribution in [1.82, 2.24) is 10.6 Å². The first-order valence-corrected chi connectivity index (χ1v) is 11.1. The molecule has 1 aromatic carbocycles. The Morgan fingerprint density at radius 3 is 2.09 bits per heavy atom. The molecule has 1 aromatic rings. The van der Waals surface area contributed by atoms with Crippen LogP contribution in [0.25, 0.3) is 0 Å². The first-order chi connectivity index (χ1) is 15.7. The molecule has 0 saturated carbocycles. The Morgan fingerprint density at radius 2 is 1.59 bits per heavy atom. The molecule has 10 heteroatoms. The number of rotatable bonds is 11. The smallest absolute Gasteiger partial charge is 0.408 e. The van der Waals surface area contributed by atoms with Crippen molar-refractivity contribution in [3.8, 4) is 23.0 Å².